The van der Waals surface area contributed by atoms with Crippen LogP contribution in [-0.2, 0) is 0 Å². The maximum Gasteiger partial charge on any atom is 0.164 e. The minimum Gasteiger partial charge on any atom is -0.456 e. The Kier molecular flexibility index (Phi) is 7.54. The summed E-state index contributed by atoms with van der Waals surface area (Å²) in [5.74, 6) is 1.82. The van der Waals surface area contributed by atoms with Gasteiger partial charge in [0.05, 0.1) is 0 Å². The van der Waals surface area contributed by atoms with Crippen LogP contribution in [0.2, 0.25) is 0 Å². The van der Waals surface area contributed by atoms with Crippen molar-refractivity contribution in [1.29, 1.82) is 0 Å². The lowest BCUT2D eigenvalue weighted by Gasteiger charge is -2.12. The molecule has 0 aliphatic carbocycles. The molecule has 0 amide bonds. The standard InChI is InChI=1S/C57H33N3O2/c1-2-10-37-31-38(24-21-34(37)9-1)35-19-22-36(23-20-35)55-58-56(60-57(59-55)42-26-29-44-40(33-42)27-30-52-53(44)47-12-3-5-16-49(47)62-52)41-25-28-43-39(32-41)11-7-14-45(43)46-15-8-18-51-54(46)48-13-4-6-17-50(48)61-51/h1-33H. The molecule has 0 bridgehead atoms. The summed E-state index contributed by atoms with van der Waals surface area (Å²) >= 11 is 0. The fourth-order valence-corrected chi connectivity index (χ4v) is 9.29. The van der Waals surface area contributed by atoms with Gasteiger partial charge < -0.3 is 8.83 Å². The van der Waals surface area contributed by atoms with Crippen LogP contribution in [-0.4, -0.2) is 15.0 Å². The Bertz CT molecular complexity index is 3940. The lowest BCUT2D eigenvalue weighted by atomic mass is 9.94. The highest BCUT2D eigenvalue weighted by molar-refractivity contribution is 6.19. The fraction of sp³-hybridized carbons (Fsp3) is 0. The van der Waals surface area contributed by atoms with E-state index in [9.17, 15) is 0 Å². The molecule has 0 aliphatic heterocycles. The first-order valence-corrected chi connectivity index (χ1v) is 20.8. The fourth-order valence-electron chi connectivity index (χ4n) is 9.29. The van der Waals surface area contributed by atoms with Crippen LogP contribution in [0.5, 0.6) is 0 Å². The van der Waals surface area contributed by atoms with Crippen LogP contribution in [0.4, 0.5) is 0 Å². The van der Waals surface area contributed by atoms with Crippen molar-refractivity contribution in [3.05, 3.63) is 200 Å². The van der Waals surface area contributed by atoms with Gasteiger partial charge in [-0.25, -0.2) is 15.0 Å². The van der Waals surface area contributed by atoms with Crippen LogP contribution in [0.3, 0.4) is 0 Å². The Hall–Kier alpha value is -8.41. The third-order valence-corrected chi connectivity index (χ3v) is 12.3. The van der Waals surface area contributed by atoms with E-state index in [-0.39, 0.29) is 0 Å². The van der Waals surface area contributed by atoms with E-state index in [1.54, 1.807) is 0 Å². The second-order valence-corrected chi connectivity index (χ2v) is 15.9. The van der Waals surface area contributed by atoms with Crippen molar-refractivity contribution in [3.63, 3.8) is 0 Å². The summed E-state index contributed by atoms with van der Waals surface area (Å²) in [5.41, 5.74) is 10.8. The van der Waals surface area contributed by atoms with Gasteiger partial charge in [-0.1, -0.05) is 158 Å². The maximum absolute atomic E-state index is 6.27. The number of furan rings is 2. The molecule has 0 atom stereocenters. The first-order chi connectivity index (χ1) is 30.7. The van der Waals surface area contributed by atoms with Gasteiger partial charge in [0.25, 0.3) is 0 Å². The molecule has 5 nitrogen and oxygen atoms in total. The highest BCUT2D eigenvalue weighted by atomic mass is 16.3. The van der Waals surface area contributed by atoms with E-state index in [0.717, 1.165) is 104 Å². The Labute approximate surface area is 355 Å². The molecule has 3 aromatic heterocycles. The largest absolute Gasteiger partial charge is 0.456 e. The first kappa shape index (κ1) is 34.5. The molecule has 288 valence electrons. The van der Waals surface area contributed by atoms with E-state index in [4.69, 9.17) is 23.8 Å². The number of hydrogen-bond acceptors (Lipinski definition) is 5. The van der Waals surface area contributed by atoms with E-state index in [0.29, 0.717) is 17.5 Å². The Morgan fingerprint density at radius 3 is 1.50 bits per heavy atom. The normalized spacial score (nSPS) is 11.9. The van der Waals surface area contributed by atoms with Crippen molar-refractivity contribution in [3.8, 4) is 56.4 Å². The van der Waals surface area contributed by atoms with Crippen LogP contribution in [0, 0.1) is 0 Å². The van der Waals surface area contributed by atoms with Gasteiger partial charge in [-0.05, 0) is 97.0 Å². The molecule has 0 spiro atoms. The molecule has 0 saturated heterocycles. The second-order valence-electron chi connectivity index (χ2n) is 15.9. The lowest BCUT2D eigenvalue weighted by molar-refractivity contribution is 0.668. The molecule has 0 fully saturated rings. The topological polar surface area (TPSA) is 65.0 Å². The van der Waals surface area contributed by atoms with Crippen molar-refractivity contribution < 1.29 is 8.83 Å². The summed E-state index contributed by atoms with van der Waals surface area (Å²) in [6.07, 6.45) is 0. The Balaban J connectivity index is 0.954. The average Bonchev–Trinajstić information content (AvgIpc) is 3.92. The van der Waals surface area contributed by atoms with Crippen molar-refractivity contribution in [2.45, 2.75) is 0 Å². The summed E-state index contributed by atoms with van der Waals surface area (Å²) in [7, 11) is 0. The molecular weight excluding hydrogens is 759 g/mol. The van der Waals surface area contributed by atoms with Gasteiger partial charge >= 0.3 is 0 Å². The minimum atomic E-state index is 0.606. The Morgan fingerprint density at radius 1 is 0.258 bits per heavy atom. The summed E-state index contributed by atoms with van der Waals surface area (Å²) in [6.45, 7) is 0. The molecule has 0 aliphatic rings. The van der Waals surface area contributed by atoms with Gasteiger partial charge in [0.2, 0.25) is 0 Å². The Morgan fingerprint density at radius 2 is 0.742 bits per heavy atom. The van der Waals surface area contributed by atoms with Crippen LogP contribution >= 0.6 is 0 Å². The van der Waals surface area contributed by atoms with Crippen molar-refractivity contribution >= 4 is 76.2 Å². The predicted molar refractivity (Wildman–Crippen MR) is 254 cm³/mol. The molecule has 0 saturated carbocycles. The molecule has 0 unspecified atom stereocenters. The zero-order valence-corrected chi connectivity index (χ0v) is 33.2. The summed E-state index contributed by atoms with van der Waals surface area (Å²) in [5, 5.41) is 11.3. The maximum atomic E-state index is 6.27. The van der Waals surface area contributed by atoms with Gasteiger partial charge in [0.1, 0.15) is 22.3 Å². The monoisotopic (exact) mass is 791 g/mol. The van der Waals surface area contributed by atoms with Crippen LogP contribution in [0.25, 0.3) is 133 Å². The van der Waals surface area contributed by atoms with E-state index < -0.39 is 0 Å². The van der Waals surface area contributed by atoms with E-state index in [1.807, 2.05) is 30.3 Å². The smallest absolute Gasteiger partial charge is 0.164 e. The molecule has 3 heterocycles. The van der Waals surface area contributed by atoms with Crippen molar-refractivity contribution in [1.82, 2.24) is 15.0 Å². The zero-order valence-electron chi connectivity index (χ0n) is 33.2. The lowest BCUT2D eigenvalue weighted by Crippen LogP contribution is -2.00. The van der Waals surface area contributed by atoms with Gasteiger partial charge in [0.15, 0.2) is 17.5 Å². The van der Waals surface area contributed by atoms with Crippen LogP contribution in [0.1, 0.15) is 0 Å². The van der Waals surface area contributed by atoms with Gasteiger partial charge in [-0.15, -0.1) is 0 Å². The highest BCUT2D eigenvalue weighted by Gasteiger charge is 2.18. The third kappa shape index (κ3) is 5.52. The van der Waals surface area contributed by atoms with E-state index in [1.165, 1.54) is 10.8 Å². The van der Waals surface area contributed by atoms with Crippen LogP contribution < -0.4 is 0 Å². The molecule has 13 aromatic rings. The summed E-state index contributed by atoms with van der Waals surface area (Å²) in [6, 6.07) is 70.0. The molecule has 5 heteroatoms. The summed E-state index contributed by atoms with van der Waals surface area (Å²) < 4.78 is 12.5. The second kappa shape index (κ2) is 13.6. The number of nitrogens with zero attached hydrogens (tertiary/aromatic N) is 3. The highest BCUT2D eigenvalue weighted by Crippen LogP contribution is 2.41. The molecule has 0 N–H and O–H groups in total. The predicted octanol–water partition coefficient (Wildman–Crippen LogP) is 15.5. The number of aromatic nitrogens is 3. The molecular formula is C57H33N3O2. The quantitative estimate of drug-likeness (QED) is 0.174. The summed E-state index contributed by atoms with van der Waals surface area (Å²) in [4.78, 5) is 15.6. The van der Waals surface area contributed by atoms with Gasteiger partial charge in [-0.2, -0.15) is 0 Å². The first-order valence-electron chi connectivity index (χ1n) is 20.8. The molecule has 62 heavy (non-hydrogen) atoms. The number of fused-ring (bicyclic) bond motifs is 10. The average molecular weight is 792 g/mol. The molecule has 10 aromatic carbocycles. The van der Waals surface area contributed by atoms with E-state index >= 15 is 0 Å². The van der Waals surface area contributed by atoms with Crippen molar-refractivity contribution in [2.75, 3.05) is 0 Å². The molecule has 13 rings (SSSR count). The molecule has 0 radical (unpaired) electrons. The number of benzene rings is 10. The van der Waals surface area contributed by atoms with Crippen LogP contribution in [0.15, 0.2) is 209 Å². The third-order valence-electron chi connectivity index (χ3n) is 12.3. The number of hydrogen-bond donors (Lipinski definition) is 0. The number of para-hydroxylation sites is 2. The zero-order chi connectivity index (χ0) is 40.7. The minimum absolute atomic E-state index is 0.606. The van der Waals surface area contributed by atoms with Gasteiger partial charge in [-0.3, -0.25) is 0 Å². The SMILES string of the molecule is c1ccc2cc(-c3ccc(-c4nc(-c5ccc6c(-c7cccc8oc9ccccc9c78)cccc6c5)nc(-c5ccc6c(ccc7oc8ccccc8c76)c5)n4)cc3)ccc2c1. The van der Waals surface area contributed by atoms with E-state index in [2.05, 4.69) is 170 Å². The number of rotatable bonds is 5. The van der Waals surface area contributed by atoms with Crippen molar-refractivity contribution in [2.24, 2.45) is 0 Å². The van der Waals surface area contributed by atoms with Gasteiger partial charge in [0, 0.05) is 38.2 Å².